The Labute approximate surface area is 659 Å². The molecule has 0 saturated heterocycles. The molecule has 0 aliphatic rings. The van der Waals surface area contributed by atoms with Gasteiger partial charge in [-0.25, -0.2) is 4.98 Å². The Bertz CT molecular complexity index is 4750. The van der Waals surface area contributed by atoms with Crippen LogP contribution in [-0.4, -0.2) is 66.1 Å². The van der Waals surface area contributed by atoms with Crippen LogP contribution in [0.15, 0.2) is 345 Å². The molecule has 0 amide bonds. The van der Waals surface area contributed by atoms with Crippen LogP contribution in [0.1, 0.15) is 0 Å². The first-order valence-electron chi connectivity index (χ1n) is 32.0. The summed E-state index contributed by atoms with van der Waals surface area (Å²) in [4.78, 5) is 37.7. The quantitative estimate of drug-likeness (QED) is 0.0685. The Morgan fingerprint density at radius 3 is 1.00 bits per heavy atom. The van der Waals surface area contributed by atoms with Gasteiger partial charge in [0.25, 0.3) is 0 Å². The van der Waals surface area contributed by atoms with Gasteiger partial charge in [-0.05, 0) is 83.6 Å². The van der Waals surface area contributed by atoms with E-state index in [1.165, 1.54) is 0 Å². The molecular formula is C88H58N8Ni4O2SSe-3. The first kappa shape index (κ1) is 77.4. The maximum atomic E-state index is 10.1. The topological polar surface area (TPSA) is 144 Å². The van der Waals surface area contributed by atoms with Crippen molar-refractivity contribution in [2.24, 2.45) is 0 Å². The van der Waals surface area contributed by atoms with E-state index in [4.69, 9.17) is 32.6 Å². The summed E-state index contributed by atoms with van der Waals surface area (Å²) in [6.45, 7) is 0. The maximum absolute atomic E-state index is 10.1. The van der Waals surface area contributed by atoms with Crippen LogP contribution in [0.25, 0.3) is 135 Å². The second-order valence-electron chi connectivity index (χ2n) is 22.4. The number of phenols is 2. The summed E-state index contributed by atoms with van der Waals surface area (Å²) in [5.41, 5.74) is 21.0. The van der Waals surface area contributed by atoms with Gasteiger partial charge in [0.2, 0.25) is 0 Å². The summed E-state index contributed by atoms with van der Waals surface area (Å²) in [6.07, 6.45) is 5.34. The van der Waals surface area contributed by atoms with E-state index in [-0.39, 0.29) is 77.5 Å². The van der Waals surface area contributed by atoms with E-state index < -0.39 is 0 Å². The van der Waals surface area contributed by atoms with Gasteiger partial charge >= 0.3 is 172 Å². The van der Waals surface area contributed by atoms with Crippen LogP contribution in [0.5, 0.6) is 11.5 Å². The molecule has 2 N–H and O–H groups in total. The van der Waals surface area contributed by atoms with Gasteiger partial charge < -0.3 is 22.8 Å². The number of pyridine rings is 8. The zero-order valence-corrected chi connectivity index (χ0v) is 61.4. The Morgan fingerprint density at radius 2 is 0.548 bits per heavy atom. The number of phenolic OH excluding ortho intramolecular Hbond substituents is 2. The molecule has 16 heteroatoms. The van der Waals surface area contributed by atoms with E-state index in [0.717, 1.165) is 133 Å². The summed E-state index contributed by atoms with van der Waals surface area (Å²) in [5, 5.41) is 20.1. The van der Waals surface area contributed by atoms with E-state index in [2.05, 4.69) is 72.3 Å². The van der Waals surface area contributed by atoms with E-state index in [9.17, 15) is 10.2 Å². The molecular weight excluding hydrogens is 1550 g/mol. The first-order valence-corrected chi connectivity index (χ1v) is 33.3. The number of aromatic nitrogens is 8. The van der Waals surface area contributed by atoms with Crippen molar-refractivity contribution in [1.82, 2.24) is 39.9 Å². The summed E-state index contributed by atoms with van der Waals surface area (Å²) >= 11 is 8.53. The average molecular weight is 1610 g/mol. The number of hydrogen-bond acceptors (Lipinski definition) is 11. The van der Waals surface area contributed by atoms with Crippen molar-refractivity contribution in [3.8, 4) is 147 Å². The fourth-order valence-corrected chi connectivity index (χ4v) is 11.6. The van der Waals surface area contributed by atoms with Gasteiger partial charge in [-0.15, -0.1) is 90.0 Å². The molecule has 8 heterocycles. The molecule has 517 valence electrons. The van der Waals surface area contributed by atoms with Crippen LogP contribution in [0.2, 0.25) is 0 Å². The second kappa shape index (κ2) is 38.5. The molecule has 0 unspecified atom stereocenters. The number of nitrogens with zero attached hydrogens (tertiary/aromatic N) is 8. The normalized spacial score (nSPS) is 10.2. The zero-order valence-electron chi connectivity index (χ0n) is 54.9. The Morgan fingerprint density at radius 1 is 0.250 bits per heavy atom. The molecule has 0 bridgehead atoms. The number of benzene rings is 8. The molecule has 8 aromatic carbocycles. The van der Waals surface area contributed by atoms with E-state index in [1.807, 2.05) is 285 Å². The fraction of sp³-hybridized carbons (Fsp3) is 0. The van der Waals surface area contributed by atoms with Crippen molar-refractivity contribution in [2.75, 3.05) is 0 Å². The van der Waals surface area contributed by atoms with Crippen LogP contribution in [0.4, 0.5) is 0 Å². The molecule has 104 heavy (non-hydrogen) atoms. The van der Waals surface area contributed by atoms with E-state index in [1.54, 1.807) is 42.9 Å². The molecule has 0 spiro atoms. The van der Waals surface area contributed by atoms with Crippen molar-refractivity contribution in [3.63, 3.8) is 0 Å². The number of hydrogen-bond donors (Lipinski definition) is 2. The Hall–Kier alpha value is -10.7. The van der Waals surface area contributed by atoms with E-state index in [0.29, 0.717) is 11.3 Å². The number of aromatic hydroxyl groups is 2. The minimum absolute atomic E-state index is 0. The Balaban J connectivity index is 0.000000159. The molecule has 0 atom stereocenters. The van der Waals surface area contributed by atoms with Gasteiger partial charge in [-0.3, -0.25) is 24.9 Å². The van der Waals surface area contributed by atoms with Crippen LogP contribution in [0.3, 0.4) is 0 Å². The van der Waals surface area contributed by atoms with Crippen LogP contribution in [-0.2, 0) is 78.6 Å². The van der Waals surface area contributed by atoms with Gasteiger partial charge in [0.15, 0.2) is 0 Å². The summed E-state index contributed by atoms with van der Waals surface area (Å²) in [5.74, 6) is 0.457. The molecule has 10 nitrogen and oxygen atoms in total. The van der Waals surface area contributed by atoms with Gasteiger partial charge in [-0.2, -0.15) is 4.90 Å². The first-order chi connectivity index (χ1) is 49.2. The molecule has 0 fully saturated rings. The van der Waals surface area contributed by atoms with Crippen molar-refractivity contribution in [1.29, 1.82) is 0 Å². The van der Waals surface area contributed by atoms with Gasteiger partial charge in [-0.1, -0.05) is 132 Å². The molecule has 0 saturated carbocycles. The second-order valence-corrected chi connectivity index (χ2v) is 23.8. The summed E-state index contributed by atoms with van der Waals surface area (Å²) in [7, 11) is 0. The molecule has 0 aliphatic heterocycles. The van der Waals surface area contributed by atoms with Crippen molar-refractivity contribution >= 4 is 33.1 Å². The fourth-order valence-electron chi connectivity index (χ4n) is 10.8. The minimum atomic E-state index is 0. The molecule has 16 rings (SSSR count). The van der Waals surface area contributed by atoms with Gasteiger partial charge in [0.05, 0.1) is 39.9 Å². The number of rotatable bonds is 12. The standard InChI is InChI=1S/2C22H15N2O.C22H15N2S.C22H14N2Se.4Ni/c25-22-13-2-1-9-18(22)16-7-5-8-17(15-16)19-11-6-12-21(24-19)20-10-3-4-14-23-20;25-22-15-5-4-10-17(22)19-12-7-14-21(24-19)20-13-6-11-18(23-20)16-8-2-1-3-9-16;2*25-22-13-2-1-9-18(22)21-12-6-11-20(24-21)17-8-5-7-16(15-17)19-10-3-4-14-23-19;;;;/h1-14,25H;1-8,10-15,25H;1-14,25H;1-14H;;;;/q4*-1;;;;+2/p-1. The van der Waals surface area contributed by atoms with Gasteiger partial charge in [0, 0.05) is 84.5 Å². The van der Waals surface area contributed by atoms with Crippen molar-refractivity contribution in [3.05, 3.63) is 364 Å². The summed E-state index contributed by atoms with van der Waals surface area (Å²) < 4.78 is 1.10. The van der Waals surface area contributed by atoms with Gasteiger partial charge in [0.1, 0.15) is 5.75 Å². The third-order valence-electron chi connectivity index (χ3n) is 15.7. The van der Waals surface area contributed by atoms with E-state index >= 15 is 0 Å². The third kappa shape index (κ3) is 19.9. The van der Waals surface area contributed by atoms with Crippen LogP contribution >= 0.6 is 0 Å². The molecule has 1 radical (unpaired) electrons. The number of para-hydroxylation sites is 2. The van der Waals surface area contributed by atoms with Crippen LogP contribution in [0, 0.1) is 24.3 Å². The SMILES string of the molecule is Oc1ccccc1-c1[c-]c(-c2cccc(-c3ccccn3)n2)ccc1.Oc1ccccc1-c1cccc(-c2cccc(-c3[c-]cccc3)n2)n1.[Ni+2].[Ni].[Ni].[Ni].[S-]c1ccccc1-c1cccc(-c2[c-]c(-c3ccccn3)ccc2)n1.[Se]c1ccccc1-c1cccc(-c2[c-]c(-c3ccccn3)ccc2)n1. The summed E-state index contributed by atoms with van der Waals surface area (Å²) in [6, 6.07) is 117. The molecule has 8 aromatic heterocycles. The predicted octanol–water partition coefficient (Wildman–Crippen LogP) is 19.2. The average Bonchev–Trinajstić information content (AvgIpc) is 0.830. The van der Waals surface area contributed by atoms with Crippen LogP contribution < -0.4 is 4.46 Å². The van der Waals surface area contributed by atoms with Crippen molar-refractivity contribution in [2.45, 2.75) is 4.90 Å². The third-order valence-corrected chi connectivity index (χ3v) is 16.8. The zero-order chi connectivity index (χ0) is 68.2. The molecule has 0 aliphatic carbocycles. The molecule has 16 aromatic rings. The van der Waals surface area contributed by atoms with Crippen molar-refractivity contribution < 1.29 is 76.2 Å². The predicted molar refractivity (Wildman–Crippen MR) is 403 cm³/mol. The Kier molecular flexibility index (Phi) is 28.7. The monoisotopic (exact) mass is 1600 g/mol.